The molecule has 0 aliphatic heterocycles. The highest BCUT2D eigenvalue weighted by molar-refractivity contribution is 5.76. The summed E-state index contributed by atoms with van der Waals surface area (Å²) >= 11 is 0. The molecule has 2 N–H and O–H groups in total. The smallest absolute Gasteiger partial charge is 0.322 e. The van der Waals surface area contributed by atoms with Gasteiger partial charge in [-0.2, -0.15) is 0 Å². The molecule has 0 radical (unpaired) electrons. The quantitative estimate of drug-likeness (QED) is 0.794. The molecule has 0 aliphatic rings. The fourth-order valence-electron chi connectivity index (χ4n) is 1.65. The third kappa shape index (κ3) is 1.90. The first-order valence-corrected chi connectivity index (χ1v) is 5.02. The van der Waals surface area contributed by atoms with Gasteiger partial charge in [-0.05, 0) is 19.2 Å². The van der Waals surface area contributed by atoms with Crippen LogP contribution in [0.3, 0.4) is 0 Å². The molecule has 0 bridgehead atoms. The van der Waals surface area contributed by atoms with Crippen LogP contribution in [0.15, 0.2) is 30.6 Å². The molecule has 84 valence electrons. The van der Waals surface area contributed by atoms with Crippen LogP contribution in [0.1, 0.15) is 0 Å². The SMILES string of the molecule is CNC(Cn1cnc2ccccc21)C(=O)O. The van der Waals surface area contributed by atoms with Gasteiger partial charge in [0.05, 0.1) is 23.9 Å². The van der Waals surface area contributed by atoms with Crippen molar-refractivity contribution in [3.63, 3.8) is 0 Å². The van der Waals surface area contributed by atoms with Gasteiger partial charge in [0.25, 0.3) is 0 Å². The lowest BCUT2D eigenvalue weighted by atomic mass is 10.2. The Morgan fingerprint density at radius 2 is 2.31 bits per heavy atom. The third-order valence-corrected chi connectivity index (χ3v) is 2.55. The van der Waals surface area contributed by atoms with Crippen molar-refractivity contribution in [2.75, 3.05) is 7.05 Å². The number of hydrogen-bond acceptors (Lipinski definition) is 3. The average molecular weight is 219 g/mol. The Morgan fingerprint density at radius 1 is 1.56 bits per heavy atom. The van der Waals surface area contributed by atoms with Crippen LogP contribution < -0.4 is 5.32 Å². The molecule has 0 fully saturated rings. The molecule has 2 aromatic rings. The van der Waals surface area contributed by atoms with Crippen molar-refractivity contribution < 1.29 is 9.90 Å². The van der Waals surface area contributed by atoms with Crippen molar-refractivity contribution in [2.45, 2.75) is 12.6 Å². The monoisotopic (exact) mass is 219 g/mol. The first-order chi connectivity index (χ1) is 7.72. The first-order valence-electron chi connectivity index (χ1n) is 5.02. The van der Waals surface area contributed by atoms with Crippen molar-refractivity contribution in [1.29, 1.82) is 0 Å². The average Bonchev–Trinajstić information content (AvgIpc) is 2.69. The summed E-state index contributed by atoms with van der Waals surface area (Å²) in [5.74, 6) is -0.861. The van der Waals surface area contributed by atoms with E-state index in [0.29, 0.717) is 6.54 Å². The number of imidazole rings is 1. The summed E-state index contributed by atoms with van der Waals surface area (Å²) < 4.78 is 1.84. The molecule has 1 aromatic carbocycles. The van der Waals surface area contributed by atoms with Crippen LogP contribution in [0.2, 0.25) is 0 Å². The molecule has 1 aromatic heterocycles. The Labute approximate surface area is 92.7 Å². The molecule has 1 heterocycles. The number of likely N-dealkylation sites (N-methyl/N-ethyl adjacent to an activating group) is 1. The maximum atomic E-state index is 10.9. The fraction of sp³-hybridized carbons (Fsp3) is 0.273. The summed E-state index contributed by atoms with van der Waals surface area (Å²) in [6.45, 7) is 0.367. The van der Waals surface area contributed by atoms with Gasteiger partial charge in [-0.25, -0.2) is 4.98 Å². The number of nitrogens with one attached hydrogen (secondary N) is 1. The molecule has 5 nitrogen and oxygen atoms in total. The minimum atomic E-state index is -0.861. The predicted octanol–water partition coefficient (Wildman–Crippen LogP) is 0.709. The summed E-state index contributed by atoms with van der Waals surface area (Å²) in [4.78, 5) is 15.1. The highest BCUT2D eigenvalue weighted by Crippen LogP contribution is 2.12. The molecule has 0 saturated heterocycles. The number of para-hydroxylation sites is 2. The lowest BCUT2D eigenvalue weighted by Gasteiger charge is -2.12. The summed E-state index contributed by atoms with van der Waals surface area (Å²) in [6.07, 6.45) is 1.66. The van der Waals surface area contributed by atoms with Gasteiger partial charge in [-0.15, -0.1) is 0 Å². The van der Waals surface area contributed by atoms with Gasteiger partial charge in [0.2, 0.25) is 0 Å². The second-order valence-electron chi connectivity index (χ2n) is 3.57. The van der Waals surface area contributed by atoms with Crippen LogP contribution in [0.4, 0.5) is 0 Å². The number of rotatable bonds is 4. The number of nitrogens with zero attached hydrogens (tertiary/aromatic N) is 2. The van der Waals surface area contributed by atoms with Crippen LogP contribution in [0.25, 0.3) is 11.0 Å². The zero-order valence-electron chi connectivity index (χ0n) is 8.92. The van der Waals surface area contributed by atoms with Gasteiger partial charge < -0.3 is 15.0 Å². The van der Waals surface area contributed by atoms with E-state index in [0.717, 1.165) is 11.0 Å². The molecule has 0 spiro atoms. The van der Waals surface area contributed by atoms with E-state index in [4.69, 9.17) is 5.11 Å². The number of hydrogen-bond donors (Lipinski definition) is 2. The minimum Gasteiger partial charge on any atom is -0.480 e. The van der Waals surface area contributed by atoms with E-state index >= 15 is 0 Å². The fourth-order valence-corrected chi connectivity index (χ4v) is 1.65. The molecule has 1 unspecified atom stereocenters. The number of fused-ring (bicyclic) bond motifs is 1. The van der Waals surface area contributed by atoms with Gasteiger partial charge >= 0.3 is 5.97 Å². The second kappa shape index (κ2) is 4.32. The van der Waals surface area contributed by atoms with E-state index in [1.807, 2.05) is 28.8 Å². The summed E-state index contributed by atoms with van der Waals surface area (Å²) in [6, 6.07) is 7.05. The highest BCUT2D eigenvalue weighted by Gasteiger charge is 2.16. The van der Waals surface area contributed by atoms with Crippen LogP contribution in [0, 0.1) is 0 Å². The van der Waals surface area contributed by atoms with E-state index in [9.17, 15) is 4.79 Å². The highest BCUT2D eigenvalue weighted by atomic mass is 16.4. The predicted molar refractivity (Wildman–Crippen MR) is 60.2 cm³/mol. The Kier molecular flexibility index (Phi) is 2.87. The van der Waals surface area contributed by atoms with Crippen molar-refractivity contribution in [3.05, 3.63) is 30.6 Å². The second-order valence-corrected chi connectivity index (χ2v) is 3.57. The maximum absolute atomic E-state index is 10.9. The van der Waals surface area contributed by atoms with Crippen LogP contribution in [-0.4, -0.2) is 33.7 Å². The van der Waals surface area contributed by atoms with E-state index < -0.39 is 12.0 Å². The van der Waals surface area contributed by atoms with Gasteiger partial charge in [-0.3, -0.25) is 4.79 Å². The normalized spacial score (nSPS) is 12.8. The third-order valence-electron chi connectivity index (χ3n) is 2.55. The number of carboxylic acids is 1. The van der Waals surface area contributed by atoms with Crippen molar-refractivity contribution in [1.82, 2.24) is 14.9 Å². The molecule has 1 atom stereocenters. The zero-order chi connectivity index (χ0) is 11.5. The van der Waals surface area contributed by atoms with Crippen molar-refractivity contribution >= 4 is 17.0 Å². The summed E-state index contributed by atoms with van der Waals surface area (Å²) in [5, 5.41) is 11.7. The number of carbonyl (C=O) groups is 1. The van der Waals surface area contributed by atoms with Crippen LogP contribution in [-0.2, 0) is 11.3 Å². The number of aliphatic carboxylic acids is 1. The summed E-state index contributed by atoms with van der Waals surface area (Å²) in [7, 11) is 1.64. The maximum Gasteiger partial charge on any atom is 0.322 e. The minimum absolute atomic E-state index is 0.367. The largest absolute Gasteiger partial charge is 0.480 e. The number of carboxylic acid groups (broad SMARTS) is 1. The zero-order valence-corrected chi connectivity index (χ0v) is 8.92. The Morgan fingerprint density at radius 3 is 3.00 bits per heavy atom. The summed E-state index contributed by atoms with van der Waals surface area (Å²) in [5.41, 5.74) is 1.83. The van der Waals surface area contributed by atoms with Gasteiger partial charge in [0, 0.05) is 0 Å². The molecular weight excluding hydrogens is 206 g/mol. The molecule has 0 amide bonds. The molecule has 16 heavy (non-hydrogen) atoms. The molecular formula is C11H13N3O2. The van der Waals surface area contributed by atoms with Crippen LogP contribution >= 0.6 is 0 Å². The van der Waals surface area contributed by atoms with Gasteiger partial charge in [0.1, 0.15) is 6.04 Å². The van der Waals surface area contributed by atoms with E-state index in [-0.39, 0.29) is 0 Å². The van der Waals surface area contributed by atoms with Crippen LogP contribution in [0.5, 0.6) is 0 Å². The molecule has 0 saturated carbocycles. The Balaban J connectivity index is 2.30. The Hall–Kier alpha value is -1.88. The van der Waals surface area contributed by atoms with E-state index in [1.165, 1.54) is 0 Å². The van der Waals surface area contributed by atoms with Gasteiger partial charge in [0.15, 0.2) is 0 Å². The van der Waals surface area contributed by atoms with E-state index in [2.05, 4.69) is 10.3 Å². The molecule has 5 heteroatoms. The van der Waals surface area contributed by atoms with Crippen molar-refractivity contribution in [2.24, 2.45) is 0 Å². The van der Waals surface area contributed by atoms with E-state index in [1.54, 1.807) is 13.4 Å². The lowest BCUT2D eigenvalue weighted by molar-refractivity contribution is -0.139. The van der Waals surface area contributed by atoms with Crippen molar-refractivity contribution in [3.8, 4) is 0 Å². The standard InChI is InChI=1S/C11H13N3O2/c1-12-9(11(15)16)6-14-7-13-8-4-2-3-5-10(8)14/h2-5,7,9,12H,6H2,1H3,(H,15,16). The van der Waals surface area contributed by atoms with Gasteiger partial charge in [-0.1, -0.05) is 12.1 Å². The molecule has 2 rings (SSSR count). The first kappa shape index (κ1) is 10.6. The topological polar surface area (TPSA) is 67.2 Å². The number of aromatic nitrogens is 2. The number of benzene rings is 1. The molecule has 0 aliphatic carbocycles. The Bertz CT molecular complexity index is 507. The lowest BCUT2D eigenvalue weighted by Crippen LogP contribution is -2.37.